The molecule has 20 heavy (non-hydrogen) atoms. The summed E-state index contributed by atoms with van der Waals surface area (Å²) in [6.07, 6.45) is 2.34. The standard InChI is InChI=1S/C15H15ClN2O2/c1-19-10-5-6-13(20-2)11(7-10)15-17-12(9-3-4-9)8-14(16)18-15/h5-9H,3-4H2,1-2H3. The van der Waals surface area contributed by atoms with Gasteiger partial charge in [0.15, 0.2) is 5.82 Å². The highest BCUT2D eigenvalue weighted by molar-refractivity contribution is 6.29. The van der Waals surface area contributed by atoms with E-state index in [-0.39, 0.29) is 0 Å². The number of methoxy groups -OCH3 is 2. The van der Waals surface area contributed by atoms with Gasteiger partial charge in [-0.05, 0) is 37.1 Å². The van der Waals surface area contributed by atoms with Gasteiger partial charge in [-0.1, -0.05) is 11.6 Å². The van der Waals surface area contributed by atoms with Crippen LogP contribution in [0.1, 0.15) is 24.5 Å². The summed E-state index contributed by atoms with van der Waals surface area (Å²) in [5, 5.41) is 0.460. The number of halogens is 1. The molecule has 0 aliphatic heterocycles. The molecule has 1 aromatic carbocycles. The summed E-state index contributed by atoms with van der Waals surface area (Å²) >= 11 is 6.12. The van der Waals surface area contributed by atoms with E-state index < -0.39 is 0 Å². The van der Waals surface area contributed by atoms with Crippen LogP contribution in [0, 0.1) is 0 Å². The zero-order valence-corrected chi connectivity index (χ0v) is 12.1. The monoisotopic (exact) mass is 290 g/mol. The molecule has 0 atom stereocenters. The zero-order valence-electron chi connectivity index (χ0n) is 11.4. The van der Waals surface area contributed by atoms with E-state index in [1.165, 1.54) is 12.8 Å². The molecule has 1 fully saturated rings. The van der Waals surface area contributed by atoms with Crippen LogP contribution in [0.3, 0.4) is 0 Å². The second kappa shape index (κ2) is 5.29. The van der Waals surface area contributed by atoms with Gasteiger partial charge in [-0.3, -0.25) is 0 Å². The van der Waals surface area contributed by atoms with Gasteiger partial charge in [0.05, 0.1) is 19.8 Å². The Morgan fingerprint density at radius 2 is 1.90 bits per heavy atom. The van der Waals surface area contributed by atoms with Gasteiger partial charge in [0.25, 0.3) is 0 Å². The van der Waals surface area contributed by atoms with Crippen molar-refractivity contribution in [1.29, 1.82) is 0 Å². The third kappa shape index (κ3) is 2.56. The molecule has 0 saturated heterocycles. The van der Waals surface area contributed by atoms with Crippen molar-refractivity contribution in [2.45, 2.75) is 18.8 Å². The Kier molecular flexibility index (Phi) is 3.49. The number of hydrogen-bond acceptors (Lipinski definition) is 4. The van der Waals surface area contributed by atoms with Crippen LogP contribution in [0.5, 0.6) is 11.5 Å². The van der Waals surface area contributed by atoms with E-state index in [2.05, 4.69) is 9.97 Å². The first-order valence-electron chi connectivity index (χ1n) is 6.48. The summed E-state index contributed by atoms with van der Waals surface area (Å²) in [4.78, 5) is 8.94. The fourth-order valence-electron chi connectivity index (χ4n) is 2.13. The largest absolute Gasteiger partial charge is 0.497 e. The summed E-state index contributed by atoms with van der Waals surface area (Å²) < 4.78 is 10.6. The van der Waals surface area contributed by atoms with Crippen LogP contribution in [-0.4, -0.2) is 24.2 Å². The van der Waals surface area contributed by atoms with Gasteiger partial charge in [0, 0.05) is 11.6 Å². The molecule has 0 amide bonds. The van der Waals surface area contributed by atoms with Gasteiger partial charge in [-0.2, -0.15) is 0 Å². The zero-order chi connectivity index (χ0) is 14.1. The molecular weight excluding hydrogens is 276 g/mol. The quantitative estimate of drug-likeness (QED) is 0.806. The molecule has 4 nitrogen and oxygen atoms in total. The van der Waals surface area contributed by atoms with Crippen LogP contribution in [0.25, 0.3) is 11.4 Å². The minimum absolute atomic E-state index is 0.460. The smallest absolute Gasteiger partial charge is 0.164 e. The number of rotatable bonds is 4. The van der Waals surface area contributed by atoms with Crippen molar-refractivity contribution in [2.24, 2.45) is 0 Å². The molecule has 5 heteroatoms. The Bertz CT molecular complexity index is 642. The first-order valence-corrected chi connectivity index (χ1v) is 6.86. The molecule has 3 rings (SSSR count). The summed E-state index contributed by atoms with van der Waals surface area (Å²) in [5.41, 5.74) is 1.79. The van der Waals surface area contributed by atoms with Crippen LogP contribution in [0.4, 0.5) is 0 Å². The van der Waals surface area contributed by atoms with Crippen LogP contribution in [0.2, 0.25) is 5.15 Å². The topological polar surface area (TPSA) is 44.2 Å². The van der Waals surface area contributed by atoms with Crippen LogP contribution >= 0.6 is 11.6 Å². The molecule has 0 spiro atoms. The molecule has 0 unspecified atom stereocenters. The second-order valence-corrected chi connectivity index (χ2v) is 5.17. The van der Waals surface area contributed by atoms with Crippen molar-refractivity contribution < 1.29 is 9.47 Å². The van der Waals surface area contributed by atoms with Gasteiger partial charge >= 0.3 is 0 Å². The maximum atomic E-state index is 6.12. The molecule has 0 N–H and O–H groups in total. The first-order chi connectivity index (χ1) is 9.71. The number of benzene rings is 1. The molecule has 0 bridgehead atoms. The minimum atomic E-state index is 0.460. The highest BCUT2D eigenvalue weighted by atomic mass is 35.5. The summed E-state index contributed by atoms with van der Waals surface area (Å²) in [5.74, 6) is 2.54. The summed E-state index contributed by atoms with van der Waals surface area (Å²) in [6, 6.07) is 7.39. The Hall–Kier alpha value is -1.81. The lowest BCUT2D eigenvalue weighted by molar-refractivity contribution is 0.404. The van der Waals surface area contributed by atoms with E-state index in [1.54, 1.807) is 14.2 Å². The van der Waals surface area contributed by atoms with Gasteiger partial charge in [0.1, 0.15) is 16.7 Å². The molecule has 1 aliphatic carbocycles. The average Bonchev–Trinajstić information content (AvgIpc) is 3.30. The molecular formula is C15H15ClN2O2. The van der Waals surface area contributed by atoms with E-state index in [4.69, 9.17) is 21.1 Å². The number of hydrogen-bond donors (Lipinski definition) is 0. The Balaban J connectivity index is 2.11. The van der Waals surface area contributed by atoms with Gasteiger partial charge in [0.2, 0.25) is 0 Å². The van der Waals surface area contributed by atoms with Crippen molar-refractivity contribution in [3.63, 3.8) is 0 Å². The molecule has 1 saturated carbocycles. The summed E-state index contributed by atoms with van der Waals surface area (Å²) in [6.45, 7) is 0. The van der Waals surface area contributed by atoms with Gasteiger partial charge < -0.3 is 9.47 Å². The van der Waals surface area contributed by atoms with Crippen molar-refractivity contribution in [3.8, 4) is 22.9 Å². The first kappa shape index (κ1) is 13.2. The number of ether oxygens (including phenoxy) is 2. The van der Waals surface area contributed by atoms with Gasteiger partial charge in [-0.25, -0.2) is 9.97 Å². The van der Waals surface area contributed by atoms with Crippen molar-refractivity contribution in [3.05, 3.63) is 35.1 Å². The van der Waals surface area contributed by atoms with E-state index in [0.29, 0.717) is 22.6 Å². The second-order valence-electron chi connectivity index (χ2n) is 4.78. The van der Waals surface area contributed by atoms with E-state index in [0.717, 1.165) is 17.0 Å². The molecule has 1 aromatic heterocycles. The lowest BCUT2D eigenvalue weighted by atomic mass is 10.1. The van der Waals surface area contributed by atoms with Crippen LogP contribution in [-0.2, 0) is 0 Å². The highest BCUT2D eigenvalue weighted by Gasteiger charge is 2.26. The fraction of sp³-hybridized carbons (Fsp3) is 0.333. The predicted octanol–water partition coefficient (Wildman–Crippen LogP) is 3.69. The van der Waals surface area contributed by atoms with Gasteiger partial charge in [-0.15, -0.1) is 0 Å². The summed E-state index contributed by atoms with van der Waals surface area (Å²) in [7, 11) is 3.25. The fourth-order valence-corrected chi connectivity index (χ4v) is 2.32. The predicted molar refractivity (Wildman–Crippen MR) is 77.6 cm³/mol. The number of nitrogens with zero attached hydrogens (tertiary/aromatic N) is 2. The lowest BCUT2D eigenvalue weighted by Gasteiger charge is -2.10. The normalized spacial score (nSPS) is 14.2. The highest BCUT2D eigenvalue weighted by Crippen LogP contribution is 2.41. The lowest BCUT2D eigenvalue weighted by Crippen LogP contribution is -1.98. The molecule has 1 heterocycles. The molecule has 0 radical (unpaired) electrons. The van der Waals surface area contributed by atoms with Crippen LogP contribution < -0.4 is 9.47 Å². The average molecular weight is 291 g/mol. The SMILES string of the molecule is COc1ccc(OC)c(-c2nc(Cl)cc(C3CC3)n2)c1. The van der Waals surface area contributed by atoms with E-state index >= 15 is 0 Å². The Morgan fingerprint density at radius 3 is 2.55 bits per heavy atom. The Morgan fingerprint density at radius 1 is 1.10 bits per heavy atom. The molecule has 104 valence electrons. The Labute approximate surface area is 122 Å². The van der Waals surface area contributed by atoms with Crippen molar-refractivity contribution >= 4 is 11.6 Å². The van der Waals surface area contributed by atoms with Crippen molar-refractivity contribution in [1.82, 2.24) is 9.97 Å². The minimum Gasteiger partial charge on any atom is -0.497 e. The van der Waals surface area contributed by atoms with Crippen molar-refractivity contribution in [2.75, 3.05) is 14.2 Å². The van der Waals surface area contributed by atoms with Crippen LogP contribution in [0.15, 0.2) is 24.3 Å². The maximum absolute atomic E-state index is 6.12. The maximum Gasteiger partial charge on any atom is 0.164 e. The van der Waals surface area contributed by atoms with E-state index in [9.17, 15) is 0 Å². The molecule has 1 aliphatic rings. The third-order valence-electron chi connectivity index (χ3n) is 3.36. The van der Waals surface area contributed by atoms with E-state index in [1.807, 2.05) is 24.3 Å². The molecule has 2 aromatic rings. The number of aromatic nitrogens is 2. The third-order valence-corrected chi connectivity index (χ3v) is 3.55.